The van der Waals surface area contributed by atoms with Gasteiger partial charge in [-0.15, -0.1) is 0 Å². The zero-order valence-electron chi connectivity index (χ0n) is 12.8. The highest BCUT2D eigenvalue weighted by atomic mass is 16.3. The van der Waals surface area contributed by atoms with Crippen molar-refractivity contribution in [3.8, 4) is 0 Å². The van der Waals surface area contributed by atoms with Gasteiger partial charge in [-0.05, 0) is 5.41 Å². The van der Waals surface area contributed by atoms with E-state index in [-0.39, 0.29) is 0 Å². The first-order chi connectivity index (χ1) is 10.3. The number of nitrogens with zero attached hydrogens (tertiary/aromatic N) is 3. The summed E-state index contributed by atoms with van der Waals surface area (Å²) in [5, 5.41) is 14.2. The highest BCUT2D eigenvalue weighted by Gasteiger charge is 2.39. The average Bonchev–Trinajstić information content (AvgIpc) is 3.00. The first-order valence-electron chi connectivity index (χ1n) is 6.97. The maximum absolute atomic E-state index is 12.7. The summed E-state index contributed by atoms with van der Waals surface area (Å²) in [6.45, 7) is 5.21. The number of aromatic nitrogens is 3. The van der Waals surface area contributed by atoms with Gasteiger partial charge < -0.3 is 5.11 Å². The maximum Gasteiger partial charge on any atom is 0.195 e. The van der Waals surface area contributed by atoms with Crippen LogP contribution in [0.3, 0.4) is 0 Å². The van der Waals surface area contributed by atoms with Crippen LogP contribution >= 0.6 is 0 Å². The molecule has 6 heteroatoms. The van der Waals surface area contributed by atoms with Crippen LogP contribution in [0.4, 0.5) is 0 Å². The number of aliphatic hydroxyl groups is 1. The van der Waals surface area contributed by atoms with E-state index >= 15 is 0 Å². The van der Waals surface area contributed by atoms with E-state index in [4.69, 9.17) is 0 Å². The number of carbonyl (C=O) groups is 2. The molecule has 2 atom stereocenters. The fourth-order valence-electron chi connectivity index (χ4n) is 2.07. The molecule has 0 spiro atoms. The van der Waals surface area contributed by atoms with Crippen LogP contribution in [0.1, 0.15) is 37.2 Å². The number of hydrogen-bond acceptors (Lipinski definition) is 5. The Morgan fingerprint density at radius 1 is 1.18 bits per heavy atom. The molecule has 0 saturated heterocycles. The molecule has 0 bridgehead atoms. The van der Waals surface area contributed by atoms with Crippen LogP contribution in [0.5, 0.6) is 0 Å². The first-order valence-corrected chi connectivity index (χ1v) is 6.97. The average molecular weight is 301 g/mol. The van der Waals surface area contributed by atoms with Crippen LogP contribution in [0, 0.1) is 5.41 Å². The molecule has 0 aliphatic heterocycles. The Balaban J connectivity index is 2.41. The van der Waals surface area contributed by atoms with Crippen LogP contribution in [-0.4, -0.2) is 37.5 Å². The lowest BCUT2D eigenvalue weighted by Gasteiger charge is -2.27. The van der Waals surface area contributed by atoms with Crippen molar-refractivity contribution < 1.29 is 14.7 Å². The summed E-state index contributed by atoms with van der Waals surface area (Å²) in [5.74, 6) is -1.01. The topological polar surface area (TPSA) is 85.1 Å². The van der Waals surface area contributed by atoms with Gasteiger partial charge in [-0.3, -0.25) is 9.59 Å². The Labute approximate surface area is 128 Å². The van der Waals surface area contributed by atoms with Gasteiger partial charge in [0, 0.05) is 5.56 Å². The molecule has 1 aromatic heterocycles. The smallest absolute Gasteiger partial charge is 0.195 e. The zero-order valence-corrected chi connectivity index (χ0v) is 12.8. The quantitative estimate of drug-likeness (QED) is 0.671. The minimum absolute atomic E-state index is 0.387. The minimum atomic E-state index is -1.28. The molecule has 0 amide bonds. The van der Waals surface area contributed by atoms with E-state index < -0.39 is 29.1 Å². The number of ketones is 2. The van der Waals surface area contributed by atoms with E-state index in [1.165, 1.54) is 17.3 Å². The summed E-state index contributed by atoms with van der Waals surface area (Å²) in [4.78, 5) is 29.1. The maximum atomic E-state index is 12.7. The zero-order chi connectivity index (χ0) is 16.3. The molecule has 2 rings (SSSR count). The van der Waals surface area contributed by atoms with Gasteiger partial charge in [0.05, 0.1) is 0 Å². The van der Waals surface area contributed by atoms with Gasteiger partial charge in [-0.25, -0.2) is 9.67 Å². The molecule has 1 aromatic carbocycles. The van der Waals surface area contributed by atoms with Crippen LogP contribution in [0.2, 0.25) is 0 Å². The summed E-state index contributed by atoms with van der Waals surface area (Å²) >= 11 is 0. The lowest BCUT2D eigenvalue weighted by atomic mass is 9.83. The van der Waals surface area contributed by atoms with Crippen molar-refractivity contribution in [1.82, 2.24) is 14.8 Å². The molecular weight excluding hydrogens is 282 g/mol. The highest BCUT2D eigenvalue weighted by Crippen LogP contribution is 2.25. The summed E-state index contributed by atoms with van der Waals surface area (Å²) < 4.78 is 1.19. The van der Waals surface area contributed by atoms with Gasteiger partial charge in [-0.2, -0.15) is 5.10 Å². The van der Waals surface area contributed by atoms with Crippen molar-refractivity contribution >= 4 is 11.6 Å². The third kappa shape index (κ3) is 3.28. The number of benzene rings is 1. The Bertz CT molecular complexity index is 645. The van der Waals surface area contributed by atoms with E-state index in [2.05, 4.69) is 10.1 Å². The van der Waals surface area contributed by atoms with Gasteiger partial charge in [0.1, 0.15) is 18.8 Å². The van der Waals surface area contributed by atoms with Crippen molar-refractivity contribution in [1.29, 1.82) is 0 Å². The normalized spacial score (nSPS) is 14.4. The Morgan fingerprint density at radius 3 is 2.32 bits per heavy atom. The number of rotatable bonds is 5. The second-order valence-corrected chi connectivity index (χ2v) is 6.18. The van der Waals surface area contributed by atoms with Crippen molar-refractivity contribution in [2.24, 2.45) is 5.41 Å². The molecule has 2 aromatic rings. The number of hydrogen-bond donors (Lipinski definition) is 1. The Morgan fingerprint density at radius 2 is 1.82 bits per heavy atom. The SMILES string of the molecule is CC(C)(C)C(O)C(=O)C(C(=O)c1ccccc1)n1cncn1. The molecule has 1 heterocycles. The predicted octanol–water partition coefficient (Wildman–Crippen LogP) is 1.68. The largest absolute Gasteiger partial charge is 0.385 e. The number of aliphatic hydroxyl groups excluding tert-OH is 1. The molecular formula is C16H19N3O3. The third-order valence-electron chi connectivity index (χ3n) is 3.37. The monoisotopic (exact) mass is 301 g/mol. The summed E-state index contributed by atoms with van der Waals surface area (Å²) in [5.41, 5.74) is -0.287. The summed E-state index contributed by atoms with van der Waals surface area (Å²) in [6, 6.07) is 7.25. The molecule has 2 unspecified atom stereocenters. The van der Waals surface area contributed by atoms with E-state index in [1.54, 1.807) is 51.1 Å². The molecule has 116 valence electrons. The van der Waals surface area contributed by atoms with Crippen LogP contribution in [0.15, 0.2) is 43.0 Å². The van der Waals surface area contributed by atoms with Gasteiger partial charge in [0.2, 0.25) is 0 Å². The second-order valence-electron chi connectivity index (χ2n) is 6.18. The highest BCUT2D eigenvalue weighted by molar-refractivity contribution is 6.13. The van der Waals surface area contributed by atoms with E-state index in [1.807, 2.05) is 0 Å². The first kappa shape index (κ1) is 16.0. The minimum Gasteiger partial charge on any atom is -0.385 e. The molecule has 0 aliphatic carbocycles. The third-order valence-corrected chi connectivity index (χ3v) is 3.37. The molecule has 0 fully saturated rings. The van der Waals surface area contributed by atoms with Crippen molar-refractivity contribution in [2.45, 2.75) is 32.9 Å². The lowest BCUT2D eigenvalue weighted by molar-refractivity contribution is -0.134. The van der Waals surface area contributed by atoms with Gasteiger partial charge in [0.25, 0.3) is 0 Å². The molecule has 0 radical (unpaired) electrons. The van der Waals surface area contributed by atoms with Crippen molar-refractivity contribution in [2.75, 3.05) is 0 Å². The molecule has 22 heavy (non-hydrogen) atoms. The molecule has 0 saturated carbocycles. The van der Waals surface area contributed by atoms with Gasteiger partial charge in [0.15, 0.2) is 17.6 Å². The lowest BCUT2D eigenvalue weighted by Crippen LogP contribution is -2.42. The van der Waals surface area contributed by atoms with E-state index in [0.29, 0.717) is 5.56 Å². The standard InChI is InChI=1S/C16H19N3O3/c1-16(2,3)15(22)14(21)12(19-10-17-9-18-19)13(20)11-7-5-4-6-8-11/h4-10,12,15,22H,1-3H3. The fraction of sp³-hybridized carbons (Fsp3) is 0.375. The Hall–Kier alpha value is -2.34. The fourth-order valence-corrected chi connectivity index (χ4v) is 2.07. The second kappa shape index (κ2) is 6.19. The molecule has 6 nitrogen and oxygen atoms in total. The van der Waals surface area contributed by atoms with Crippen molar-refractivity contribution in [3.05, 3.63) is 48.5 Å². The van der Waals surface area contributed by atoms with Gasteiger partial charge >= 0.3 is 0 Å². The predicted molar refractivity (Wildman–Crippen MR) is 80.3 cm³/mol. The van der Waals surface area contributed by atoms with Crippen LogP contribution < -0.4 is 0 Å². The molecule has 0 aliphatic rings. The summed E-state index contributed by atoms with van der Waals surface area (Å²) in [6.07, 6.45) is 1.27. The van der Waals surface area contributed by atoms with Crippen LogP contribution in [0.25, 0.3) is 0 Å². The number of carbonyl (C=O) groups excluding carboxylic acids is 2. The van der Waals surface area contributed by atoms with E-state index in [9.17, 15) is 14.7 Å². The van der Waals surface area contributed by atoms with Crippen molar-refractivity contribution in [3.63, 3.8) is 0 Å². The Kier molecular flexibility index (Phi) is 4.51. The van der Waals surface area contributed by atoms with E-state index in [0.717, 1.165) is 0 Å². The van der Waals surface area contributed by atoms with Crippen LogP contribution in [-0.2, 0) is 4.79 Å². The number of Topliss-reactive ketones (excluding diaryl/α,β-unsaturated/α-hetero) is 2. The molecule has 1 N–H and O–H groups in total. The summed E-state index contributed by atoms with van der Waals surface area (Å²) in [7, 11) is 0. The van der Waals surface area contributed by atoms with Gasteiger partial charge in [-0.1, -0.05) is 51.1 Å².